The smallest absolute Gasteiger partial charge is 0.271 e. The lowest BCUT2D eigenvalue weighted by atomic mass is 10.0. The summed E-state index contributed by atoms with van der Waals surface area (Å²) in [7, 11) is 0. The largest absolute Gasteiger partial charge is 0.419 e. The Morgan fingerprint density at radius 2 is 1.89 bits per heavy atom. The van der Waals surface area contributed by atoms with Crippen LogP contribution >= 0.6 is 15.9 Å². The van der Waals surface area contributed by atoms with Crippen LogP contribution in [0, 0.1) is 0 Å². The molecular weight excluding hydrogens is 321 g/mol. The lowest BCUT2D eigenvalue weighted by molar-refractivity contribution is -0.137. The van der Waals surface area contributed by atoms with E-state index in [0.29, 0.717) is 11.9 Å². The number of alkyl halides is 4. The molecule has 0 radical (unpaired) electrons. The first-order valence-electron chi connectivity index (χ1n) is 5.71. The van der Waals surface area contributed by atoms with Gasteiger partial charge in [-0.2, -0.15) is 18.3 Å². The van der Waals surface area contributed by atoms with Gasteiger partial charge in [0.15, 0.2) is 0 Å². The fourth-order valence-corrected chi connectivity index (χ4v) is 2.38. The van der Waals surface area contributed by atoms with Gasteiger partial charge in [0.2, 0.25) is 0 Å². The van der Waals surface area contributed by atoms with Gasteiger partial charge in [0.25, 0.3) is 0 Å². The van der Waals surface area contributed by atoms with Gasteiger partial charge < -0.3 is 0 Å². The van der Waals surface area contributed by atoms with Crippen LogP contribution in [0.15, 0.2) is 42.7 Å². The van der Waals surface area contributed by atoms with Crippen LogP contribution in [-0.4, -0.2) is 15.1 Å². The third-order valence-electron chi connectivity index (χ3n) is 2.83. The first kappa shape index (κ1) is 14.1. The van der Waals surface area contributed by atoms with E-state index < -0.39 is 11.7 Å². The van der Waals surface area contributed by atoms with Gasteiger partial charge in [-0.25, -0.2) is 0 Å². The Bertz CT molecular complexity index is 522. The first-order chi connectivity index (χ1) is 9.00. The molecule has 102 valence electrons. The van der Waals surface area contributed by atoms with E-state index in [4.69, 9.17) is 0 Å². The summed E-state index contributed by atoms with van der Waals surface area (Å²) in [6.07, 6.45) is -2.44. The highest BCUT2D eigenvalue weighted by atomic mass is 79.9. The summed E-state index contributed by atoms with van der Waals surface area (Å²) in [4.78, 5) is 0. The molecule has 0 saturated heterocycles. The summed E-state index contributed by atoms with van der Waals surface area (Å²) < 4.78 is 38.8. The van der Waals surface area contributed by atoms with E-state index in [2.05, 4.69) is 21.0 Å². The molecule has 0 aliphatic heterocycles. The van der Waals surface area contributed by atoms with Crippen LogP contribution in [0.4, 0.5) is 13.2 Å². The Kier molecular flexibility index (Phi) is 4.29. The summed E-state index contributed by atoms with van der Waals surface area (Å²) in [5.74, 6) is 0.0854. The maximum Gasteiger partial charge on any atom is 0.419 e. The van der Waals surface area contributed by atoms with Gasteiger partial charge in [-0.15, -0.1) is 0 Å². The summed E-state index contributed by atoms with van der Waals surface area (Å²) in [5, 5.41) is 4.44. The maximum absolute atomic E-state index is 12.5. The number of benzene rings is 1. The molecule has 0 fully saturated rings. The van der Waals surface area contributed by atoms with Crippen molar-refractivity contribution in [2.45, 2.75) is 18.6 Å². The van der Waals surface area contributed by atoms with Crippen molar-refractivity contribution in [2.75, 3.05) is 5.33 Å². The Balaban J connectivity index is 2.13. The normalized spacial score (nSPS) is 13.5. The van der Waals surface area contributed by atoms with E-state index >= 15 is 0 Å². The van der Waals surface area contributed by atoms with Crippen LogP contribution < -0.4 is 0 Å². The van der Waals surface area contributed by atoms with Crippen LogP contribution in [0.3, 0.4) is 0 Å². The summed E-state index contributed by atoms with van der Waals surface area (Å²) in [5.41, 5.74) is 0.359. The van der Waals surface area contributed by atoms with Crippen molar-refractivity contribution >= 4 is 15.9 Å². The van der Waals surface area contributed by atoms with Crippen LogP contribution in [0.1, 0.15) is 17.0 Å². The number of halogens is 4. The van der Waals surface area contributed by atoms with Crippen molar-refractivity contribution in [1.29, 1.82) is 0 Å². The van der Waals surface area contributed by atoms with Crippen molar-refractivity contribution < 1.29 is 13.2 Å². The fourth-order valence-electron chi connectivity index (χ4n) is 1.80. The minimum Gasteiger partial charge on any atom is -0.271 e. The zero-order chi connectivity index (χ0) is 13.9. The Labute approximate surface area is 117 Å². The molecule has 0 aliphatic rings. The lowest BCUT2D eigenvalue weighted by Gasteiger charge is -2.14. The second-order valence-corrected chi connectivity index (χ2v) is 4.86. The van der Waals surface area contributed by atoms with Crippen molar-refractivity contribution in [3.63, 3.8) is 0 Å². The second kappa shape index (κ2) is 5.77. The van der Waals surface area contributed by atoms with Gasteiger partial charge in [0.05, 0.1) is 11.8 Å². The number of rotatable bonds is 4. The summed E-state index contributed by atoms with van der Waals surface area (Å²) in [6.45, 7) is 0.408. The van der Waals surface area contributed by atoms with Crippen molar-refractivity contribution in [3.8, 4) is 0 Å². The van der Waals surface area contributed by atoms with Crippen molar-refractivity contribution in [2.24, 2.45) is 0 Å². The zero-order valence-corrected chi connectivity index (χ0v) is 11.5. The molecule has 0 bridgehead atoms. The van der Waals surface area contributed by atoms with E-state index in [1.54, 1.807) is 0 Å². The molecule has 1 aromatic carbocycles. The van der Waals surface area contributed by atoms with Gasteiger partial charge in [0, 0.05) is 24.0 Å². The third kappa shape index (κ3) is 3.59. The zero-order valence-electron chi connectivity index (χ0n) is 9.94. The van der Waals surface area contributed by atoms with E-state index in [1.165, 1.54) is 4.68 Å². The Morgan fingerprint density at radius 3 is 2.42 bits per heavy atom. The highest BCUT2D eigenvalue weighted by Crippen LogP contribution is 2.29. The van der Waals surface area contributed by atoms with Crippen LogP contribution in [0.5, 0.6) is 0 Å². The summed E-state index contributed by atoms with van der Waals surface area (Å²) >= 11 is 3.39. The van der Waals surface area contributed by atoms with E-state index in [0.717, 1.165) is 18.0 Å². The van der Waals surface area contributed by atoms with E-state index in [9.17, 15) is 13.2 Å². The highest BCUT2D eigenvalue weighted by Gasteiger charge is 2.32. The molecule has 0 spiro atoms. The number of hydrogen-bond donors (Lipinski definition) is 0. The fraction of sp³-hybridized carbons (Fsp3) is 0.308. The predicted octanol–water partition coefficient (Wildman–Crippen LogP) is 4.08. The van der Waals surface area contributed by atoms with Gasteiger partial charge >= 0.3 is 6.18 Å². The molecule has 0 saturated carbocycles. The predicted molar refractivity (Wildman–Crippen MR) is 70.2 cm³/mol. The molecule has 2 rings (SSSR count). The Hall–Kier alpha value is -1.30. The molecule has 2 aromatic rings. The highest BCUT2D eigenvalue weighted by molar-refractivity contribution is 9.09. The molecule has 19 heavy (non-hydrogen) atoms. The van der Waals surface area contributed by atoms with E-state index in [-0.39, 0.29) is 5.92 Å². The molecule has 6 heteroatoms. The second-order valence-electron chi connectivity index (χ2n) is 4.21. The van der Waals surface area contributed by atoms with Crippen LogP contribution in [-0.2, 0) is 12.7 Å². The molecule has 0 aliphatic carbocycles. The molecule has 1 heterocycles. The SMILES string of the molecule is FC(F)(F)c1cnn(CC(CBr)c2ccccc2)c1. The molecule has 0 N–H and O–H groups in total. The molecule has 1 atom stereocenters. The molecule has 2 nitrogen and oxygen atoms in total. The number of hydrogen-bond acceptors (Lipinski definition) is 1. The van der Waals surface area contributed by atoms with Crippen LogP contribution in [0.25, 0.3) is 0 Å². The van der Waals surface area contributed by atoms with Crippen molar-refractivity contribution in [3.05, 3.63) is 53.9 Å². The molecule has 0 amide bonds. The van der Waals surface area contributed by atoms with Gasteiger partial charge in [0.1, 0.15) is 0 Å². The standard InChI is InChI=1S/C13H12BrF3N2/c14-6-11(10-4-2-1-3-5-10)8-19-9-12(7-18-19)13(15,16)17/h1-5,7,9,11H,6,8H2. The van der Waals surface area contributed by atoms with Crippen LogP contribution in [0.2, 0.25) is 0 Å². The van der Waals surface area contributed by atoms with E-state index in [1.807, 2.05) is 30.3 Å². The number of aromatic nitrogens is 2. The van der Waals surface area contributed by atoms with Gasteiger partial charge in [-0.1, -0.05) is 46.3 Å². The molecular formula is C13H12BrF3N2. The topological polar surface area (TPSA) is 17.8 Å². The monoisotopic (exact) mass is 332 g/mol. The Morgan fingerprint density at radius 1 is 1.21 bits per heavy atom. The molecule has 1 aromatic heterocycles. The first-order valence-corrected chi connectivity index (χ1v) is 6.83. The third-order valence-corrected chi connectivity index (χ3v) is 3.61. The minimum absolute atomic E-state index is 0.0854. The van der Waals surface area contributed by atoms with Gasteiger partial charge in [-0.05, 0) is 5.56 Å². The number of nitrogens with zero attached hydrogens (tertiary/aromatic N) is 2. The van der Waals surface area contributed by atoms with Crippen molar-refractivity contribution in [1.82, 2.24) is 9.78 Å². The lowest BCUT2D eigenvalue weighted by Crippen LogP contribution is -2.11. The average Bonchev–Trinajstić information content (AvgIpc) is 2.85. The quantitative estimate of drug-likeness (QED) is 0.771. The van der Waals surface area contributed by atoms with Gasteiger partial charge in [-0.3, -0.25) is 4.68 Å². The average molecular weight is 333 g/mol. The minimum atomic E-state index is -4.34. The summed E-state index contributed by atoms with van der Waals surface area (Å²) in [6, 6.07) is 9.65. The molecule has 1 unspecified atom stereocenters. The maximum atomic E-state index is 12.5.